The zero-order valence-corrected chi connectivity index (χ0v) is 20.3. The standard InChI is InChI=1S/C25H27ClN4O5/c1-33-20-12-11-18(23(34-2)24(20)35-3)25(32)29-19-13-16(26)9-10-17(19)22(28-14-21(31)30-27)15-7-5-4-6-8-15/h4-13,22,28H,14,27H2,1-3H3,(H,29,32)(H,30,31). The molecule has 0 fully saturated rings. The smallest absolute Gasteiger partial charge is 0.259 e. The molecule has 10 heteroatoms. The molecular formula is C25H27ClN4O5. The van der Waals surface area contributed by atoms with Gasteiger partial charge in [-0.25, -0.2) is 5.84 Å². The molecule has 0 radical (unpaired) electrons. The van der Waals surface area contributed by atoms with Gasteiger partial charge in [-0.1, -0.05) is 48.0 Å². The van der Waals surface area contributed by atoms with E-state index < -0.39 is 11.9 Å². The van der Waals surface area contributed by atoms with Crippen molar-refractivity contribution in [2.75, 3.05) is 33.2 Å². The van der Waals surface area contributed by atoms with Crippen LogP contribution in [0.2, 0.25) is 5.02 Å². The average molecular weight is 499 g/mol. The van der Waals surface area contributed by atoms with Gasteiger partial charge < -0.3 is 19.5 Å². The van der Waals surface area contributed by atoms with Crippen LogP contribution in [0.25, 0.3) is 0 Å². The molecular weight excluding hydrogens is 472 g/mol. The van der Waals surface area contributed by atoms with E-state index in [1.165, 1.54) is 21.3 Å². The molecule has 0 aliphatic heterocycles. The first kappa shape index (κ1) is 25.8. The Balaban J connectivity index is 2.03. The van der Waals surface area contributed by atoms with Gasteiger partial charge in [0.1, 0.15) is 0 Å². The lowest BCUT2D eigenvalue weighted by Crippen LogP contribution is -2.39. The third kappa shape index (κ3) is 6.02. The van der Waals surface area contributed by atoms with Crippen molar-refractivity contribution in [2.45, 2.75) is 6.04 Å². The number of hydrogen-bond donors (Lipinski definition) is 4. The molecule has 0 aromatic heterocycles. The molecule has 0 spiro atoms. The first-order valence-corrected chi connectivity index (χ1v) is 11.0. The van der Waals surface area contributed by atoms with Crippen molar-refractivity contribution < 1.29 is 23.8 Å². The van der Waals surface area contributed by atoms with Crippen molar-refractivity contribution in [1.82, 2.24) is 10.7 Å². The zero-order chi connectivity index (χ0) is 25.4. The highest BCUT2D eigenvalue weighted by Gasteiger charge is 2.24. The van der Waals surface area contributed by atoms with E-state index in [2.05, 4.69) is 16.1 Å². The molecule has 0 saturated heterocycles. The van der Waals surface area contributed by atoms with E-state index in [9.17, 15) is 9.59 Å². The number of carbonyl (C=O) groups excluding carboxylic acids is 2. The number of ether oxygens (including phenoxy) is 3. The van der Waals surface area contributed by atoms with E-state index in [-0.39, 0.29) is 23.8 Å². The Kier molecular flexibility index (Phi) is 8.91. The van der Waals surface area contributed by atoms with Crippen LogP contribution in [-0.2, 0) is 4.79 Å². The quantitative estimate of drug-likeness (QED) is 0.192. The summed E-state index contributed by atoms with van der Waals surface area (Å²) in [4.78, 5) is 25.2. The van der Waals surface area contributed by atoms with Crippen LogP contribution in [-0.4, -0.2) is 39.7 Å². The molecule has 0 heterocycles. The van der Waals surface area contributed by atoms with E-state index in [4.69, 9.17) is 31.7 Å². The molecule has 0 saturated carbocycles. The lowest BCUT2D eigenvalue weighted by Gasteiger charge is -2.23. The average Bonchev–Trinajstić information content (AvgIpc) is 2.89. The summed E-state index contributed by atoms with van der Waals surface area (Å²) < 4.78 is 16.1. The summed E-state index contributed by atoms with van der Waals surface area (Å²) in [6.45, 7) is -0.0461. The molecule has 1 unspecified atom stereocenters. The topological polar surface area (TPSA) is 124 Å². The van der Waals surface area contributed by atoms with Crippen LogP contribution < -0.4 is 36.1 Å². The first-order chi connectivity index (χ1) is 16.9. The highest BCUT2D eigenvalue weighted by atomic mass is 35.5. The van der Waals surface area contributed by atoms with Gasteiger partial charge >= 0.3 is 0 Å². The highest BCUT2D eigenvalue weighted by molar-refractivity contribution is 6.31. The third-order valence-corrected chi connectivity index (χ3v) is 5.52. The van der Waals surface area contributed by atoms with Crippen molar-refractivity contribution in [3.63, 3.8) is 0 Å². The van der Waals surface area contributed by atoms with E-state index in [1.807, 2.05) is 30.3 Å². The number of nitrogens with one attached hydrogen (secondary N) is 3. The largest absolute Gasteiger partial charge is 0.493 e. The Labute approximate surface area is 208 Å². The molecule has 0 bridgehead atoms. The van der Waals surface area contributed by atoms with Crippen LogP contribution in [0.3, 0.4) is 0 Å². The van der Waals surface area contributed by atoms with Crippen LogP contribution in [0.4, 0.5) is 5.69 Å². The maximum atomic E-state index is 13.4. The Bertz CT molecular complexity index is 1190. The predicted molar refractivity (Wildman–Crippen MR) is 134 cm³/mol. The summed E-state index contributed by atoms with van der Waals surface area (Å²) in [7, 11) is 4.40. The van der Waals surface area contributed by atoms with Gasteiger partial charge in [-0.05, 0) is 35.4 Å². The van der Waals surface area contributed by atoms with Crippen LogP contribution >= 0.6 is 11.6 Å². The SMILES string of the molecule is COc1ccc(C(=O)Nc2cc(Cl)ccc2C(NCC(=O)NN)c2ccccc2)c(OC)c1OC. The molecule has 2 amide bonds. The first-order valence-electron chi connectivity index (χ1n) is 10.6. The fourth-order valence-electron chi connectivity index (χ4n) is 3.66. The molecule has 184 valence electrons. The summed E-state index contributed by atoms with van der Waals surface area (Å²) in [5.74, 6) is 5.36. The van der Waals surface area contributed by atoms with Crippen LogP contribution in [0, 0.1) is 0 Å². The lowest BCUT2D eigenvalue weighted by molar-refractivity contribution is -0.120. The minimum atomic E-state index is -0.451. The number of methoxy groups -OCH3 is 3. The Morgan fingerprint density at radius 3 is 2.29 bits per heavy atom. The number of nitrogens with two attached hydrogens (primary N) is 1. The Morgan fingerprint density at radius 1 is 0.943 bits per heavy atom. The number of halogens is 1. The lowest BCUT2D eigenvalue weighted by atomic mass is 9.96. The van der Waals surface area contributed by atoms with Crippen molar-refractivity contribution in [1.29, 1.82) is 0 Å². The van der Waals surface area contributed by atoms with Crippen molar-refractivity contribution >= 4 is 29.1 Å². The van der Waals surface area contributed by atoms with E-state index in [1.54, 1.807) is 30.3 Å². The summed E-state index contributed by atoms with van der Waals surface area (Å²) in [5.41, 5.74) is 4.36. The second kappa shape index (κ2) is 12.1. The predicted octanol–water partition coefficient (Wildman–Crippen LogP) is 3.29. The highest BCUT2D eigenvalue weighted by Crippen LogP contribution is 2.40. The molecule has 1 atom stereocenters. The van der Waals surface area contributed by atoms with Crippen LogP contribution in [0.1, 0.15) is 27.5 Å². The van der Waals surface area contributed by atoms with Gasteiger partial charge in [0, 0.05) is 10.7 Å². The van der Waals surface area contributed by atoms with Gasteiger partial charge in [-0.2, -0.15) is 0 Å². The van der Waals surface area contributed by atoms with E-state index >= 15 is 0 Å². The van der Waals surface area contributed by atoms with Gasteiger partial charge in [0.05, 0.1) is 39.5 Å². The monoisotopic (exact) mass is 498 g/mol. The number of amides is 2. The minimum Gasteiger partial charge on any atom is -0.493 e. The second-order valence-electron chi connectivity index (χ2n) is 7.36. The van der Waals surface area contributed by atoms with Gasteiger partial charge in [-0.15, -0.1) is 0 Å². The molecule has 0 aliphatic carbocycles. The van der Waals surface area contributed by atoms with Gasteiger partial charge in [0.25, 0.3) is 5.91 Å². The van der Waals surface area contributed by atoms with Gasteiger partial charge in [0.2, 0.25) is 11.7 Å². The summed E-state index contributed by atoms with van der Waals surface area (Å²) in [5, 5.41) is 6.53. The summed E-state index contributed by atoms with van der Waals surface area (Å²) in [6.07, 6.45) is 0. The number of benzene rings is 3. The van der Waals surface area contributed by atoms with Crippen LogP contribution in [0.5, 0.6) is 17.2 Å². The minimum absolute atomic E-state index is 0.0461. The number of rotatable bonds is 10. The van der Waals surface area contributed by atoms with Crippen molar-refractivity contribution in [3.05, 3.63) is 82.4 Å². The Morgan fingerprint density at radius 2 is 1.66 bits per heavy atom. The molecule has 5 N–H and O–H groups in total. The zero-order valence-electron chi connectivity index (χ0n) is 19.6. The second-order valence-corrected chi connectivity index (χ2v) is 7.80. The summed E-state index contributed by atoms with van der Waals surface area (Å²) >= 11 is 6.28. The van der Waals surface area contributed by atoms with E-state index in [0.29, 0.717) is 27.8 Å². The van der Waals surface area contributed by atoms with Crippen LogP contribution in [0.15, 0.2) is 60.7 Å². The summed E-state index contributed by atoms with van der Waals surface area (Å²) in [6, 6.07) is 17.4. The van der Waals surface area contributed by atoms with Gasteiger partial charge in [-0.3, -0.25) is 20.3 Å². The molecule has 3 aromatic carbocycles. The van der Waals surface area contributed by atoms with E-state index in [0.717, 1.165) is 5.56 Å². The fourth-order valence-corrected chi connectivity index (χ4v) is 3.83. The third-order valence-electron chi connectivity index (χ3n) is 5.28. The number of hydrogen-bond acceptors (Lipinski definition) is 7. The Hall–Kier alpha value is -3.79. The number of anilines is 1. The fraction of sp³-hybridized carbons (Fsp3) is 0.200. The maximum absolute atomic E-state index is 13.4. The molecule has 0 aliphatic rings. The van der Waals surface area contributed by atoms with Crippen molar-refractivity contribution in [2.24, 2.45) is 5.84 Å². The normalized spacial score (nSPS) is 11.3. The number of hydrazine groups is 1. The maximum Gasteiger partial charge on any atom is 0.259 e. The molecule has 3 aromatic rings. The molecule has 9 nitrogen and oxygen atoms in total. The molecule has 35 heavy (non-hydrogen) atoms. The molecule has 3 rings (SSSR count). The van der Waals surface area contributed by atoms with Crippen molar-refractivity contribution in [3.8, 4) is 17.2 Å². The number of carbonyl (C=O) groups is 2. The van der Waals surface area contributed by atoms with Gasteiger partial charge in [0.15, 0.2) is 11.5 Å².